The summed E-state index contributed by atoms with van der Waals surface area (Å²) in [4.78, 5) is 2.43. The van der Waals surface area contributed by atoms with Gasteiger partial charge in [-0.15, -0.1) is 0 Å². The maximum Gasteiger partial charge on any atom is 0.122 e. The highest BCUT2D eigenvalue weighted by atomic mass is 16.5. The Morgan fingerprint density at radius 1 is 1.44 bits per heavy atom. The Labute approximate surface area is 96.2 Å². The number of likely N-dealkylation sites (tertiary alicyclic amines) is 1. The van der Waals surface area contributed by atoms with Gasteiger partial charge in [0.05, 0.1) is 6.61 Å². The van der Waals surface area contributed by atoms with Crippen molar-refractivity contribution in [2.45, 2.75) is 25.4 Å². The fraction of sp³-hybridized carbons (Fsp3) is 0.538. The van der Waals surface area contributed by atoms with Crippen molar-refractivity contribution in [2.75, 3.05) is 19.7 Å². The molecule has 2 aliphatic rings. The summed E-state index contributed by atoms with van der Waals surface area (Å²) in [5.74, 6) is 1.07. The number of benzene rings is 1. The Morgan fingerprint density at radius 2 is 2.38 bits per heavy atom. The number of nitrogens with zero attached hydrogens (tertiary/aromatic N) is 1. The van der Waals surface area contributed by atoms with E-state index in [0.29, 0.717) is 6.04 Å². The molecule has 0 radical (unpaired) electrons. The van der Waals surface area contributed by atoms with Crippen LogP contribution in [0.4, 0.5) is 0 Å². The predicted octanol–water partition coefficient (Wildman–Crippen LogP) is 1.15. The summed E-state index contributed by atoms with van der Waals surface area (Å²) in [6.45, 7) is 4.04. The number of fused-ring (bicyclic) bond motifs is 1. The first-order valence-corrected chi connectivity index (χ1v) is 6.04. The molecule has 3 nitrogen and oxygen atoms in total. The fourth-order valence-electron chi connectivity index (χ4n) is 2.60. The van der Waals surface area contributed by atoms with Gasteiger partial charge in [0.1, 0.15) is 5.75 Å². The highest BCUT2D eigenvalue weighted by molar-refractivity contribution is 5.39. The highest BCUT2D eigenvalue weighted by Crippen LogP contribution is 2.26. The van der Waals surface area contributed by atoms with Crippen molar-refractivity contribution in [2.24, 2.45) is 5.73 Å². The van der Waals surface area contributed by atoms with Gasteiger partial charge in [-0.05, 0) is 23.6 Å². The first-order chi connectivity index (χ1) is 7.81. The molecule has 0 saturated carbocycles. The standard InChI is InChI=1S/C13H18N2O/c14-12-3-5-15(9-12)8-10-1-2-13-11(7-10)4-6-16-13/h1-2,7,12H,3-6,8-9,14H2/t12-/m1/s1. The van der Waals surface area contributed by atoms with Crippen molar-refractivity contribution < 1.29 is 4.74 Å². The minimum atomic E-state index is 0.373. The molecule has 0 spiro atoms. The van der Waals surface area contributed by atoms with E-state index in [4.69, 9.17) is 10.5 Å². The Balaban J connectivity index is 1.71. The summed E-state index contributed by atoms with van der Waals surface area (Å²) >= 11 is 0. The molecule has 3 heteroatoms. The van der Waals surface area contributed by atoms with Crippen LogP contribution in [-0.4, -0.2) is 30.6 Å². The third-order valence-corrected chi connectivity index (χ3v) is 3.47. The molecule has 1 fully saturated rings. The van der Waals surface area contributed by atoms with E-state index >= 15 is 0 Å². The largest absolute Gasteiger partial charge is 0.493 e. The van der Waals surface area contributed by atoms with Crippen LogP contribution in [0.1, 0.15) is 17.5 Å². The van der Waals surface area contributed by atoms with Crippen LogP contribution in [-0.2, 0) is 13.0 Å². The Morgan fingerprint density at radius 3 is 3.19 bits per heavy atom. The lowest BCUT2D eigenvalue weighted by Gasteiger charge is -2.15. The van der Waals surface area contributed by atoms with Gasteiger partial charge in [-0.25, -0.2) is 0 Å². The van der Waals surface area contributed by atoms with Crippen LogP contribution in [0, 0.1) is 0 Å². The molecule has 1 aromatic carbocycles. The molecule has 86 valence electrons. The van der Waals surface area contributed by atoms with Crippen LogP contribution in [0.2, 0.25) is 0 Å². The fourth-order valence-corrected chi connectivity index (χ4v) is 2.60. The third-order valence-electron chi connectivity index (χ3n) is 3.47. The molecule has 2 heterocycles. The summed E-state index contributed by atoms with van der Waals surface area (Å²) in [7, 11) is 0. The first-order valence-electron chi connectivity index (χ1n) is 6.04. The zero-order valence-electron chi connectivity index (χ0n) is 9.48. The lowest BCUT2D eigenvalue weighted by Crippen LogP contribution is -2.26. The number of nitrogens with two attached hydrogens (primary N) is 1. The van der Waals surface area contributed by atoms with E-state index in [-0.39, 0.29) is 0 Å². The second-order valence-corrected chi connectivity index (χ2v) is 4.82. The SMILES string of the molecule is N[C@@H]1CCN(Cc2ccc3c(c2)CCO3)C1. The maximum absolute atomic E-state index is 5.91. The van der Waals surface area contributed by atoms with Crippen LogP contribution >= 0.6 is 0 Å². The Hall–Kier alpha value is -1.06. The highest BCUT2D eigenvalue weighted by Gasteiger charge is 2.19. The number of ether oxygens (including phenoxy) is 1. The molecule has 0 aromatic heterocycles. The Bertz CT molecular complexity index is 392. The van der Waals surface area contributed by atoms with Crippen molar-refractivity contribution in [3.05, 3.63) is 29.3 Å². The first kappa shape index (κ1) is 10.1. The van der Waals surface area contributed by atoms with Crippen molar-refractivity contribution in [1.82, 2.24) is 4.90 Å². The van der Waals surface area contributed by atoms with E-state index in [9.17, 15) is 0 Å². The Kier molecular flexibility index (Phi) is 2.58. The van der Waals surface area contributed by atoms with Gasteiger partial charge in [0.15, 0.2) is 0 Å². The molecule has 16 heavy (non-hydrogen) atoms. The van der Waals surface area contributed by atoms with Gasteiger partial charge in [-0.2, -0.15) is 0 Å². The molecule has 3 rings (SSSR count). The lowest BCUT2D eigenvalue weighted by molar-refractivity contribution is 0.326. The minimum Gasteiger partial charge on any atom is -0.493 e. The van der Waals surface area contributed by atoms with Gasteiger partial charge in [0.25, 0.3) is 0 Å². The summed E-state index contributed by atoms with van der Waals surface area (Å²) in [5, 5.41) is 0. The summed E-state index contributed by atoms with van der Waals surface area (Å²) in [6.07, 6.45) is 2.19. The van der Waals surface area contributed by atoms with Crippen molar-refractivity contribution in [3.8, 4) is 5.75 Å². The van der Waals surface area contributed by atoms with Gasteiger partial charge < -0.3 is 10.5 Å². The normalized spacial score (nSPS) is 24.4. The van der Waals surface area contributed by atoms with Crippen LogP contribution in [0.3, 0.4) is 0 Å². The number of hydrogen-bond donors (Lipinski definition) is 1. The molecule has 0 aliphatic carbocycles. The zero-order chi connectivity index (χ0) is 11.0. The van der Waals surface area contributed by atoms with Gasteiger partial charge in [0.2, 0.25) is 0 Å². The topological polar surface area (TPSA) is 38.5 Å². The second-order valence-electron chi connectivity index (χ2n) is 4.82. The molecular formula is C13H18N2O. The quantitative estimate of drug-likeness (QED) is 0.809. The van der Waals surface area contributed by atoms with Crippen molar-refractivity contribution >= 4 is 0 Å². The third kappa shape index (κ3) is 1.93. The molecule has 1 saturated heterocycles. The van der Waals surface area contributed by atoms with Crippen molar-refractivity contribution in [3.63, 3.8) is 0 Å². The lowest BCUT2D eigenvalue weighted by atomic mass is 10.1. The van der Waals surface area contributed by atoms with Gasteiger partial charge in [0, 0.05) is 32.1 Å². The number of hydrogen-bond acceptors (Lipinski definition) is 3. The molecule has 0 bridgehead atoms. The predicted molar refractivity (Wildman–Crippen MR) is 63.5 cm³/mol. The molecule has 2 N–H and O–H groups in total. The number of rotatable bonds is 2. The van der Waals surface area contributed by atoms with Crippen molar-refractivity contribution in [1.29, 1.82) is 0 Å². The summed E-state index contributed by atoms with van der Waals surface area (Å²) in [5.41, 5.74) is 8.66. The molecule has 0 amide bonds. The maximum atomic E-state index is 5.91. The van der Waals surface area contributed by atoms with E-state index < -0.39 is 0 Å². The molecule has 2 aliphatic heterocycles. The minimum absolute atomic E-state index is 0.373. The van der Waals surface area contributed by atoms with E-state index in [1.807, 2.05) is 0 Å². The van der Waals surface area contributed by atoms with E-state index in [2.05, 4.69) is 23.1 Å². The van der Waals surface area contributed by atoms with E-state index in [1.54, 1.807) is 0 Å². The molecule has 1 aromatic rings. The van der Waals surface area contributed by atoms with E-state index in [0.717, 1.165) is 44.8 Å². The average molecular weight is 218 g/mol. The summed E-state index contributed by atoms with van der Waals surface area (Å²) in [6, 6.07) is 6.94. The molecule has 1 atom stereocenters. The smallest absolute Gasteiger partial charge is 0.122 e. The average Bonchev–Trinajstić information content (AvgIpc) is 2.87. The summed E-state index contributed by atoms with van der Waals surface area (Å²) < 4.78 is 5.51. The van der Waals surface area contributed by atoms with E-state index in [1.165, 1.54) is 11.1 Å². The van der Waals surface area contributed by atoms with Crippen LogP contribution in [0.25, 0.3) is 0 Å². The van der Waals surface area contributed by atoms with Gasteiger partial charge in [-0.1, -0.05) is 12.1 Å². The molecular weight excluding hydrogens is 200 g/mol. The van der Waals surface area contributed by atoms with Gasteiger partial charge >= 0.3 is 0 Å². The van der Waals surface area contributed by atoms with Crippen LogP contribution < -0.4 is 10.5 Å². The van der Waals surface area contributed by atoms with Crippen LogP contribution in [0.15, 0.2) is 18.2 Å². The van der Waals surface area contributed by atoms with Crippen LogP contribution in [0.5, 0.6) is 5.75 Å². The second kappa shape index (κ2) is 4.07. The molecule has 0 unspecified atom stereocenters. The van der Waals surface area contributed by atoms with Gasteiger partial charge in [-0.3, -0.25) is 4.90 Å². The zero-order valence-corrected chi connectivity index (χ0v) is 9.48. The monoisotopic (exact) mass is 218 g/mol.